The zero-order valence-electron chi connectivity index (χ0n) is 15.1. The largest absolute Gasteiger partial charge is 0.451 e. The highest BCUT2D eigenvalue weighted by molar-refractivity contribution is 7.09. The highest BCUT2D eigenvalue weighted by atomic mass is 32.1. The quantitative estimate of drug-likeness (QED) is 0.669. The number of hydrogen-bond acceptors (Lipinski definition) is 5. The van der Waals surface area contributed by atoms with Crippen molar-refractivity contribution < 1.29 is 13.9 Å². The molecule has 3 aromatic rings. The summed E-state index contributed by atoms with van der Waals surface area (Å²) in [5, 5.41) is 2.48. The molecule has 1 aromatic carbocycles. The lowest BCUT2D eigenvalue weighted by molar-refractivity contribution is 0.0486. The maximum absolute atomic E-state index is 13.2. The SMILES string of the molecule is Cc1ccc2oc(C(=O)N(Cc3cccs3)C[C@@H]3CCCO3)cc(=O)c2c1. The number of benzene rings is 1. The third-order valence-electron chi connectivity index (χ3n) is 4.76. The number of thiophene rings is 1. The van der Waals surface area contributed by atoms with Crippen molar-refractivity contribution in [1.29, 1.82) is 0 Å². The summed E-state index contributed by atoms with van der Waals surface area (Å²) in [5.41, 5.74) is 1.22. The van der Waals surface area contributed by atoms with Crippen LogP contribution in [0.15, 0.2) is 51.0 Å². The molecule has 1 saturated heterocycles. The second-order valence-electron chi connectivity index (χ2n) is 6.87. The lowest BCUT2D eigenvalue weighted by atomic mass is 10.1. The molecule has 0 bridgehead atoms. The van der Waals surface area contributed by atoms with Gasteiger partial charge in [-0.05, 0) is 43.3 Å². The highest BCUT2D eigenvalue weighted by Crippen LogP contribution is 2.20. The van der Waals surface area contributed by atoms with Gasteiger partial charge in [0.15, 0.2) is 11.2 Å². The average molecular weight is 383 g/mol. The molecular formula is C21H21NO4S. The van der Waals surface area contributed by atoms with Crippen LogP contribution in [-0.2, 0) is 11.3 Å². The number of carbonyl (C=O) groups is 1. The second-order valence-corrected chi connectivity index (χ2v) is 7.91. The first-order valence-electron chi connectivity index (χ1n) is 9.08. The van der Waals surface area contributed by atoms with Gasteiger partial charge in [0, 0.05) is 24.1 Å². The van der Waals surface area contributed by atoms with E-state index in [1.807, 2.05) is 30.5 Å². The maximum atomic E-state index is 13.2. The molecule has 1 atom stereocenters. The highest BCUT2D eigenvalue weighted by Gasteiger charge is 2.26. The molecule has 140 valence electrons. The maximum Gasteiger partial charge on any atom is 0.290 e. The lowest BCUT2D eigenvalue weighted by Crippen LogP contribution is -2.37. The minimum atomic E-state index is -0.279. The van der Waals surface area contributed by atoms with E-state index in [-0.39, 0.29) is 23.2 Å². The average Bonchev–Trinajstić information content (AvgIpc) is 3.35. The minimum Gasteiger partial charge on any atom is -0.451 e. The van der Waals surface area contributed by atoms with Crippen molar-refractivity contribution in [2.24, 2.45) is 0 Å². The van der Waals surface area contributed by atoms with Crippen LogP contribution in [0.25, 0.3) is 11.0 Å². The van der Waals surface area contributed by atoms with Crippen molar-refractivity contribution in [3.8, 4) is 0 Å². The molecule has 1 amide bonds. The zero-order chi connectivity index (χ0) is 18.8. The first kappa shape index (κ1) is 17.9. The van der Waals surface area contributed by atoms with Crippen LogP contribution in [-0.4, -0.2) is 30.1 Å². The molecule has 1 aliphatic heterocycles. The Balaban J connectivity index is 1.66. The molecule has 0 unspecified atom stereocenters. The first-order valence-corrected chi connectivity index (χ1v) is 9.96. The summed E-state index contributed by atoms with van der Waals surface area (Å²) in [5.74, 6) is -0.204. The molecule has 6 heteroatoms. The van der Waals surface area contributed by atoms with E-state index < -0.39 is 0 Å². The monoisotopic (exact) mass is 383 g/mol. The fourth-order valence-electron chi connectivity index (χ4n) is 3.38. The van der Waals surface area contributed by atoms with Gasteiger partial charge in [0.2, 0.25) is 0 Å². The Bertz CT molecular complexity index is 1000. The summed E-state index contributed by atoms with van der Waals surface area (Å²) in [6, 6.07) is 10.7. The number of amides is 1. The summed E-state index contributed by atoms with van der Waals surface area (Å²) >= 11 is 1.60. The summed E-state index contributed by atoms with van der Waals surface area (Å²) in [4.78, 5) is 28.5. The van der Waals surface area contributed by atoms with E-state index in [0.29, 0.717) is 24.1 Å². The number of ether oxygens (including phenoxy) is 1. The Labute approximate surface area is 161 Å². The van der Waals surface area contributed by atoms with Crippen molar-refractivity contribution in [1.82, 2.24) is 4.90 Å². The smallest absolute Gasteiger partial charge is 0.290 e. The van der Waals surface area contributed by atoms with Crippen molar-refractivity contribution in [3.05, 3.63) is 68.2 Å². The normalized spacial score (nSPS) is 16.7. The molecule has 27 heavy (non-hydrogen) atoms. The van der Waals surface area contributed by atoms with Gasteiger partial charge in [0.25, 0.3) is 5.91 Å². The van der Waals surface area contributed by atoms with E-state index in [2.05, 4.69) is 0 Å². The molecular weight excluding hydrogens is 362 g/mol. The molecule has 2 aromatic heterocycles. The van der Waals surface area contributed by atoms with Crippen molar-refractivity contribution in [2.75, 3.05) is 13.2 Å². The Kier molecular flexibility index (Phi) is 5.09. The Morgan fingerprint density at radius 2 is 2.19 bits per heavy atom. The lowest BCUT2D eigenvalue weighted by Gasteiger charge is -2.24. The number of nitrogens with zero attached hydrogens (tertiary/aromatic N) is 1. The van der Waals surface area contributed by atoms with Gasteiger partial charge in [-0.25, -0.2) is 0 Å². The van der Waals surface area contributed by atoms with E-state index in [0.717, 1.165) is 29.9 Å². The van der Waals surface area contributed by atoms with Gasteiger partial charge in [-0.2, -0.15) is 0 Å². The standard InChI is InChI=1S/C21H21NO4S/c1-14-6-7-19-17(10-14)18(23)11-20(26-19)21(24)22(12-15-4-2-8-25-15)13-16-5-3-9-27-16/h3,5-7,9-11,15H,2,4,8,12-13H2,1H3/t15-/m0/s1. The van der Waals surface area contributed by atoms with Crippen LogP contribution in [0.3, 0.4) is 0 Å². The van der Waals surface area contributed by atoms with Crippen LogP contribution >= 0.6 is 11.3 Å². The van der Waals surface area contributed by atoms with Crippen LogP contribution in [0.2, 0.25) is 0 Å². The van der Waals surface area contributed by atoms with E-state index in [9.17, 15) is 9.59 Å². The van der Waals surface area contributed by atoms with Crippen molar-refractivity contribution in [2.45, 2.75) is 32.4 Å². The molecule has 0 N–H and O–H groups in total. The predicted molar refractivity (Wildman–Crippen MR) is 105 cm³/mol. The predicted octanol–water partition coefficient (Wildman–Crippen LogP) is 3.98. The van der Waals surface area contributed by atoms with Gasteiger partial charge in [-0.15, -0.1) is 11.3 Å². The summed E-state index contributed by atoms with van der Waals surface area (Å²) in [6.07, 6.45) is 1.98. The van der Waals surface area contributed by atoms with Gasteiger partial charge < -0.3 is 14.1 Å². The Hall–Kier alpha value is -2.44. The van der Waals surface area contributed by atoms with Gasteiger partial charge in [-0.3, -0.25) is 9.59 Å². The third kappa shape index (κ3) is 3.96. The summed E-state index contributed by atoms with van der Waals surface area (Å²) in [6.45, 7) is 3.62. The van der Waals surface area contributed by atoms with Crippen LogP contribution in [0, 0.1) is 6.92 Å². The first-order chi connectivity index (χ1) is 13.1. The van der Waals surface area contributed by atoms with Gasteiger partial charge in [0.1, 0.15) is 5.58 Å². The van der Waals surface area contributed by atoms with Crippen LogP contribution in [0.4, 0.5) is 0 Å². The molecule has 0 aliphatic carbocycles. The molecule has 5 nitrogen and oxygen atoms in total. The topological polar surface area (TPSA) is 59.8 Å². The van der Waals surface area contributed by atoms with Gasteiger partial charge in [-0.1, -0.05) is 17.7 Å². The number of rotatable bonds is 5. The van der Waals surface area contributed by atoms with Crippen LogP contribution in [0.1, 0.15) is 33.8 Å². The molecule has 4 rings (SSSR count). The van der Waals surface area contributed by atoms with Crippen molar-refractivity contribution in [3.63, 3.8) is 0 Å². The number of carbonyl (C=O) groups excluding carboxylic acids is 1. The molecule has 3 heterocycles. The minimum absolute atomic E-state index is 0.0312. The van der Waals surface area contributed by atoms with E-state index in [1.165, 1.54) is 6.07 Å². The molecule has 0 radical (unpaired) electrons. The fourth-order valence-corrected chi connectivity index (χ4v) is 4.09. The Morgan fingerprint density at radius 3 is 2.93 bits per heavy atom. The number of aryl methyl sites for hydroxylation is 1. The number of fused-ring (bicyclic) bond motifs is 1. The van der Waals surface area contributed by atoms with Crippen molar-refractivity contribution >= 4 is 28.2 Å². The van der Waals surface area contributed by atoms with E-state index in [1.54, 1.807) is 28.4 Å². The summed E-state index contributed by atoms with van der Waals surface area (Å²) in [7, 11) is 0. The van der Waals surface area contributed by atoms with Gasteiger partial charge >= 0.3 is 0 Å². The van der Waals surface area contributed by atoms with Crippen LogP contribution < -0.4 is 5.43 Å². The third-order valence-corrected chi connectivity index (χ3v) is 5.62. The molecule has 0 saturated carbocycles. The zero-order valence-corrected chi connectivity index (χ0v) is 16.0. The van der Waals surface area contributed by atoms with Gasteiger partial charge in [0.05, 0.1) is 18.0 Å². The Morgan fingerprint density at radius 1 is 1.30 bits per heavy atom. The van der Waals surface area contributed by atoms with E-state index >= 15 is 0 Å². The molecule has 1 aliphatic rings. The fraction of sp³-hybridized carbons (Fsp3) is 0.333. The van der Waals surface area contributed by atoms with E-state index in [4.69, 9.17) is 9.15 Å². The van der Waals surface area contributed by atoms with Crippen LogP contribution in [0.5, 0.6) is 0 Å². The molecule has 0 spiro atoms. The summed E-state index contributed by atoms with van der Waals surface area (Å²) < 4.78 is 11.5. The number of hydrogen-bond donors (Lipinski definition) is 0. The molecule has 1 fully saturated rings. The second kappa shape index (κ2) is 7.66.